The van der Waals surface area contributed by atoms with Crippen LogP contribution in [0.4, 0.5) is 5.69 Å². The van der Waals surface area contributed by atoms with E-state index in [2.05, 4.69) is 15.3 Å². The smallest absolute Gasteiger partial charge is 0.258 e. The average molecular weight is 224 g/mol. The summed E-state index contributed by atoms with van der Waals surface area (Å²) in [4.78, 5) is 19.5. The molecule has 0 unspecified atom stereocenters. The standard InChI is InChI=1S/C12H8N4O/c13-7-9-1-4-15-8-11(9)12(17)16-10-2-5-14-6-3-10/h1-6,8H,(H,14,16,17). The van der Waals surface area contributed by atoms with Crippen LogP contribution in [0.1, 0.15) is 15.9 Å². The van der Waals surface area contributed by atoms with E-state index >= 15 is 0 Å². The first kappa shape index (κ1) is 10.8. The van der Waals surface area contributed by atoms with Crippen LogP contribution in [0.5, 0.6) is 0 Å². The van der Waals surface area contributed by atoms with E-state index in [1.807, 2.05) is 6.07 Å². The fourth-order valence-corrected chi connectivity index (χ4v) is 1.31. The van der Waals surface area contributed by atoms with Gasteiger partial charge >= 0.3 is 0 Å². The number of amides is 1. The van der Waals surface area contributed by atoms with Crippen molar-refractivity contribution >= 4 is 11.6 Å². The summed E-state index contributed by atoms with van der Waals surface area (Å²) in [5.41, 5.74) is 1.18. The van der Waals surface area contributed by atoms with E-state index in [4.69, 9.17) is 5.26 Å². The molecule has 82 valence electrons. The summed E-state index contributed by atoms with van der Waals surface area (Å²) in [6, 6.07) is 6.78. The maximum absolute atomic E-state index is 11.9. The molecule has 2 aromatic heterocycles. The minimum Gasteiger partial charge on any atom is -0.322 e. The molecule has 0 atom stereocenters. The number of carbonyl (C=O) groups is 1. The number of aromatic nitrogens is 2. The number of carbonyl (C=O) groups excluding carboxylic acids is 1. The second kappa shape index (κ2) is 4.86. The molecule has 0 aliphatic rings. The van der Waals surface area contributed by atoms with Gasteiger partial charge < -0.3 is 5.32 Å². The lowest BCUT2D eigenvalue weighted by molar-refractivity contribution is 0.102. The van der Waals surface area contributed by atoms with Gasteiger partial charge in [0.2, 0.25) is 0 Å². The molecule has 5 nitrogen and oxygen atoms in total. The van der Waals surface area contributed by atoms with Crippen LogP contribution in [0.25, 0.3) is 0 Å². The van der Waals surface area contributed by atoms with E-state index in [-0.39, 0.29) is 11.5 Å². The molecule has 17 heavy (non-hydrogen) atoms. The summed E-state index contributed by atoms with van der Waals surface area (Å²) in [6.45, 7) is 0. The zero-order chi connectivity index (χ0) is 12.1. The number of rotatable bonds is 2. The second-order valence-electron chi connectivity index (χ2n) is 3.22. The highest BCUT2D eigenvalue weighted by molar-refractivity contribution is 6.05. The molecule has 0 saturated heterocycles. The van der Waals surface area contributed by atoms with Crippen molar-refractivity contribution in [3.8, 4) is 6.07 Å². The van der Waals surface area contributed by atoms with Crippen LogP contribution in [-0.2, 0) is 0 Å². The first-order valence-corrected chi connectivity index (χ1v) is 4.87. The summed E-state index contributed by atoms with van der Waals surface area (Å²) in [5, 5.41) is 11.5. The van der Waals surface area contributed by atoms with Gasteiger partial charge in [0.1, 0.15) is 6.07 Å². The Bertz CT molecular complexity index is 575. The molecule has 0 bridgehead atoms. The highest BCUT2D eigenvalue weighted by atomic mass is 16.1. The Balaban J connectivity index is 2.24. The van der Waals surface area contributed by atoms with E-state index in [0.29, 0.717) is 11.3 Å². The Hall–Kier alpha value is -2.74. The monoisotopic (exact) mass is 224 g/mol. The van der Waals surface area contributed by atoms with Crippen molar-refractivity contribution in [1.82, 2.24) is 9.97 Å². The van der Waals surface area contributed by atoms with Gasteiger partial charge in [-0.05, 0) is 18.2 Å². The van der Waals surface area contributed by atoms with E-state index in [1.54, 1.807) is 24.5 Å². The van der Waals surface area contributed by atoms with Gasteiger partial charge in [0, 0.05) is 30.5 Å². The molecule has 5 heteroatoms. The van der Waals surface area contributed by atoms with Crippen molar-refractivity contribution in [3.05, 3.63) is 54.1 Å². The van der Waals surface area contributed by atoms with Crippen molar-refractivity contribution in [3.63, 3.8) is 0 Å². The Morgan fingerprint density at radius 2 is 1.88 bits per heavy atom. The highest BCUT2D eigenvalue weighted by Gasteiger charge is 2.11. The third-order valence-electron chi connectivity index (χ3n) is 2.12. The van der Waals surface area contributed by atoms with Gasteiger partial charge in [0.05, 0.1) is 11.1 Å². The first-order chi connectivity index (χ1) is 8.31. The van der Waals surface area contributed by atoms with E-state index in [1.165, 1.54) is 18.5 Å². The summed E-state index contributed by atoms with van der Waals surface area (Å²) in [5.74, 6) is -0.360. The fourth-order valence-electron chi connectivity index (χ4n) is 1.31. The number of hydrogen-bond acceptors (Lipinski definition) is 4. The Morgan fingerprint density at radius 3 is 2.59 bits per heavy atom. The molecular weight excluding hydrogens is 216 g/mol. The number of pyridine rings is 2. The third-order valence-corrected chi connectivity index (χ3v) is 2.12. The van der Waals surface area contributed by atoms with Gasteiger partial charge in [-0.15, -0.1) is 0 Å². The van der Waals surface area contributed by atoms with Crippen LogP contribution in [-0.4, -0.2) is 15.9 Å². The van der Waals surface area contributed by atoms with Crippen LogP contribution in [0.3, 0.4) is 0 Å². The van der Waals surface area contributed by atoms with Gasteiger partial charge in [-0.1, -0.05) is 0 Å². The van der Waals surface area contributed by atoms with Crippen molar-refractivity contribution in [2.24, 2.45) is 0 Å². The van der Waals surface area contributed by atoms with E-state index in [0.717, 1.165) is 0 Å². The molecule has 1 amide bonds. The average Bonchev–Trinajstić information content (AvgIpc) is 2.40. The van der Waals surface area contributed by atoms with Gasteiger partial charge in [-0.25, -0.2) is 0 Å². The molecule has 0 fully saturated rings. The van der Waals surface area contributed by atoms with E-state index in [9.17, 15) is 4.79 Å². The summed E-state index contributed by atoms with van der Waals surface area (Å²) >= 11 is 0. The molecule has 2 aromatic rings. The van der Waals surface area contributed by atoms with Crippen molar-refractivity contribution in [2.75, 3.05) is 5.32 Å². The summed E-state index contributed by atoms with van der Waals surface area (Å²) in [6.07, 6.45) is 5.99. The van der Waals surface area contributed by atoms with Gasteiger partial charge in [-0.3, -0.25) is 14.8 Å². The molecule has 0 radical (unpaired) electrons. The lowest BCUT2D eigenvalue weighted by Crippen LogP contribution is -2.13. The Kier molecular flexibility index (Phi) is 3.08. The van der Waals surface area contributed by atoms with Crippen LogP contribution in [0, 0.1) is 11.3 Å². The lowest BCUT2D eigenvalue weighted by atomic mass is 10.1. The lowest BCUT2D eigenvalue weighted by Gasteiger charge is -2.05. The van der Waals surface area contributed by atoms with Gasteiger partial charge in [0.25, 0.3) is 5.91 Å². The molecule has 2 rings (SSSR count). The Labute approximate surface area is 97.8 Å². The summed E-state index contributed by atoms with van der Waals surface area (Å²) in [7, 11) is 0. The highest BCUT2D eigenvalue weighted by Crippen LogP contribution is 2.10. The minimum absolute atomic E-state index is 0.256. The second-order valence-corrected chi connectivity index (χ2v) is 3.22. The zero-order valence-electron chi connectivity index (χ0n) is 8.79. The maximum Gasteiger partial charge on any atom is 0.258 e. The maximum atomic E-state index is 11.9. The number of nitrogens with zero attached hydrogens (tertiary/aromatic N) is 3. The third kappa shape index (κ3) is 2.44. The topological polar surface area (TPSA) is 78.7 Å². The Morgan fingerprint density at radius 1 is 1.18 bits per heavy atom. The molecule has 0 saturated carbocycles. The first-order valence-electron chi connectivity index (χ1n) is 4.87. The van der Waals surface area contributed by atoms with Crippen LogP contribution in [0.15, 0.2) is 43.0 Å². The molecule has 0 spiro atoms. The fraction of sp³-hybridized carbons (Fsp3) is 0. The molecule has 1 N–H and O–H groups in total. The van der Waals surface area contributed by atoms with Crippen LogP contribution >= 0.6 is 0 Å². The zero-order valence-corrected chi connectivity index (χ0v) is 8.79. The molecule has 0 aliphatic heterocycles. The quantitative estimate of drug-likeness (QED) is 0.840. The molecular formula is C12H8N4O. The predicted molar refractivity (Wildman–Crippen MR) is 61.1 cm³/mol. The molecule has 2 heterocycles. The van der Waals surface area contributed by atoms with Gasteiger partial charge in [0.15, 0.2) is 0 Å². The van der Waals surface area contributed by atoms with Crippen LogP contribution in [0.2, 0.25) is 0 Å². The minimum atomic E-state index is -0.360. The van der Waals surface area contributed by atoms with Crippen molar-refractivity contribution in [2.45, 2.75) is 0 Å². The summed E-state index contributed by atoms with van der Waals surface area (Å²) < 4.78 is 0. The van der Waals surface area contributed by atoms with Crippen LogP contribution < -0.4 is 5.32 Å². The normalized spacial score (nSPS) is 9.35. The van der Waals surface area contributed by atoms with Crippen molar-refractivity contribution in [1.29, 1.82) is 5.26 Å². The number of nitriles is 1. The molecule has 0 aliphatic carbocycles. The predicted octanol–water partition coefficient (Wildman–Crippen LogP) is 1.60. The number of nitrogens with one attached hydrogen (secondary N) is 1. The van der Waals surface area contributed by atoms with E-state index < -0.39 is 0 Å². The molecule has 0 aromatic carbocycles. The number of anilines is 1. The van der Waals surface area contributed by atoms with Gasteiger partial charge in [-0.2, -0.15) is 5.26 Å². The largest absolute Gasteiger partial charge is 0.322 e. The SMILES string of the molecule is N#Cc1ccncc1C(=O)Nc1ccncc1. The number of hydrogen-bond donors (Lipinski definition) is 1. The van der Waals surface area contributed by atoms with Crippen molar-refractivity contribution < 1.29 is 4.79 Å².